The standard InChI is InChI=1S/C44H54N8O8/c1-23(2)37(49-43(55)59-7)41(53)51-21-29(57-5)19-35(51)39-45-31-15-13-27(17-33(31)47-39)25-9-11-26(12-10-25)28-14-16-32-34(18-28)48-40(46-32)36-20-30(58-6)22-52(36)42(54)38(24(3)4)50-44(56)60-8/h9-18,23-24,29-30,35-38H,19-22H2,1-8H3,(H,45,47)(H,46,48)(H,49,55)(H,50,56)/t29-,30-,35-,36-,37-,38?/m0/s1. The first kappa shape index (κ1) is 42.1. The average Bonchev–Trinajstić information content (AvgIpc) is 4.07. The number of benzene rings is 3. The first-order valence-electron chi connectivity index (χ1n) is 20.3. The number of amides is 4. The van der Waals surface area contributed by atoms with E-state index in [-0.39, 0.29) is 47.9 Å². The largest absolute Gasteiger partial charge is 0.453 e. The number of fused-ring (bicyclic) bond motifs is 2. The van der Waals surface area contributed by atoms with Crippen LogP contribution in [0.1, 0.15) is 64.3 Å². The molecule has 0 radical (unpaired) electrons. The number of H-pyrrole nitrogens is 2. The van der Waals surface area contributed by atoms with Gasteiger partial charge in [0.15, 0.2) is 0 Å². The molecule has 4 amide bonds. The number of nitrogens with zero attached hydrogens (tertiary/aromatic N) is 4. The molecule has 16 nitrogen and oxygen atoms in total. The van der Waals surface area contributed by atoms with Crippen LogP contribution in [0, 0.1) is 11.8 Å². The molecular weight excluding hydrogens is 769 g/mol. The molecule has 0 aliphatic carbocycles. The first-order valence-corrected chi connectivity index (χ1v) is 20.3. The van der Waals surface area contributed by atoms with Crippen molar-refractivity contribution in [2.45, 2.75) is 76.9 Å². The van der Waals surface area contributed by atoms with Crippen LogP contribution in [-0.2, 0) is 28.5 Å². The summed E-state index contributed by atoms with van der Waals surface area (Å²) in [6.07, 6.45) is -0.550. The van der Waals surface area contributed by atoms with Crippen LogP contribution in [-0.4, -0.2) is 120 Å². The second-order valence-corrected chi connectivity index (χ2v) is 16.2. The Kier molecular flexibility index (Phi) is 12.4. The van der Waals surface area contributed by atoms with Gasteiger partial charge < -0.3 is 49.3 Å². The van der Waals surface area contributed by atoms with E-state index in [1.54, 1.807) is 24.0 Å². The van der Waals surface area contributed by atoms with Crippen LogP contribution < -0.4 is 10.6 Å². The van der Waals surface area contributed by atoms with Gasteiger partial charge in [0.05, 0.1) is 60.6 Å². The van der Waals surface area contributed by atoms with Crippen molar-refractivity contribution in [2.75, 3.05) is 41.5 Å². The maximum Gasteiger partial charge on any atom is 0.407 e. The molecule has 3 aromatic carbocycles. The molecule has 0 saturated carbocycles. The van der Waals surface area contributed by atoms with E-state index in [1.807, 2.05) is 64.1 Å². The molecule has 2 aliphatic rings. The van der Waals surface area contributed by atoms with E-state index in [4.69, 9.17) is 28.9 Å². The van der Waals surface area contributed by atoms with Gasteiger partial charge in [-0.05, 0) is 58.4 Å². The lowest BCUT2D eigenvalue weighted by molar-refractivity contribution is -0.136. The van der Waals surface area contributed by atoms with E-state index >= 15 is 0 Å². The Balaban J connectivity index is 1.09. The first-order chi connectivity index (χ1) is 28.8. The third kappa shape index (κ3) is 8.52. The molecule has 2 aromatic heterocycles. The second-order valence-electron chi connectivity index (χ2n) is 16.2. The zero-order chi connectivity index (χ0) is 42.8. The zero-order valence-electron chi connectivity index (χ0n) is 35.3. The van der Waals surface area contributed by atoms with Gasteiger partial charge in [-0.25, -0.2) is 19.6 Å². The third-order valence-corrected chi connectivity index (χ3v) is 11.7. The Morgan fingerprint density at radius 3 is 1.30 bits per heavy atom. The molecule has 2 fully saturated rings. The lowest BCUT2D eigenvalue weighted by Gasteiger charge is -2.29. The number of ether oxygens (including phenoxy) is 4. The minimum absolute atomic E-state index is 0.163. The Bertz CT molecular complexity index is 2190. The molecule has 2 saturated heterocycles. The van der Waals surface area contributed by atoms with Crippen LogP contribution >= 0.6 is 0 Å². The van der Waals surface area contributed by atoms with Gasteiger partial charge in [-0.2, -0.15) is 0 Å². The monoisotopic (exact) mass is 822 g/mol. The summed E-state index contributed by atoms with van der Waals surface area (Å²) in [7, 11) is 5.82. The van der Waals surface area contributed by atoms with Crippen LogP contribution in [0.5, 0.6) is 0 Å². The van der Waals surface area contributed by atoms with Crippen LogP contribution in [0.25, 0.3) is 44.3 Å². The van der Waals surface area contributed by atoms with Crippen LogP contribution in [0.3, 0.4) is 0 Å². The van der Waals surface area contributed by atoms with E-state index in [0.717, 1.165) is 44.3 Å². The topological polar surface area (TPSA) is 193 Å². The molecule has 4 heterocycles. The molecule has 0 spiro atoms. The van der Waals surface area contributed by atoms with Gasteiger partial charge >= 0.3 is 12.2 Å². The van der Waals surface area contributed by atoms with Crippen molar-refractivity contribution in [2.24, 2.45) is 11.8 Å². The number of aromatic amines is 2. The van der Waals surface area contributed by atoms with Gasteiger partial charge in [-0.1, -0.05) is 64.1 Å². The van der Waals surface area contributed by atoms with Crippen molar-refractivity contribution in [1.82, 2.24) is 40.4 Å². The van der Waals surface area contributed by atoms with Gasteiger partial charge in [0.2, 0.25) is 11.8 Å². The highest BCUT2D eigenvalue weighted by Gasteiger charge is 2.43. The predicted octanol–water partition coefficient (Wildman–Crippen LogP) is 6.11. The maximum atomic E-state index is 13.8. The number of hydrogen-bond acceptors (Lipinski definition) is 10. The number of imidazole rings is 2. The molecule has 2 aliphatic heterocycles. The molecule has 1 unspecified atom stereocenters. The van der Waals surface area contributed by atoms with Crippen molar-refractivity contribution in [3.05, 3.63) is 72.3 Å². The number of likely N-dealkylation sites (tertiary alicyclic amines) is 2. The third-order valence-electron chi connectivity index (χ3n) is 11.7. The van der Waals surface area contributed by atoms with Gasteiger partial charge in [0, 0.05) is 40.2 Å². The quantitative estimate of drug-likeness (QED) is 0.114. The van der Waals surface area contributed by atoms with Crippen LogP contribution in [0.4, 0.5) is 9.59 Å². The Labute approximate surface area is 348 Å². The summed E-state index contributed by atoms with van der Waals surface area (Å²) in [5, 5.41) is 5.39. The molecule has 7 rings (SSSR count). The zero-order valence-corrected chi connectivity index (χ0v) is 35.3. The fourth-order valence-electron chi connectivity index (χ4n) is 8.28. The summed E-state index contributed by atoms with van der Waals surface area (Å²) in [6, 6.07) is 18.2. The Hall–Kier alpha value is -6.00. The second kappa shape index (κ2) is 17.7. The van der Waals surface area contributed by atoms with E-state index in [9.17, 15) is 19.2 Å². The lowest BCUT2D eigenvalue weighted by Crippen LogP contribution is -2.51. The number of nitrogens with one attached hydrogen (secondary N) is 4. The number of aromatic nitrogens is 4. The van der Waals surface area contributed by atoms with Crippen LogP contribution in [0.15, 0.2) is 60.7 Å². The Morgan fingerprint density at radius 2 is 0.967 bits per heavy atom. The Morgan fingerprint density at radius 1 is 0.600 bits per heavy atom. The van der Waals surface area contributed by atoms with Crippen molar-refractivity contribution in [3.63, 3.8) is 0 Å². The summed E-state index contributed by atoms with van der Waals surface area (Å²) in [6.45, 7) is 8.28. The van der Waals surface area contributed by atoms with Crippen LogP contribution in [0.2, 0.25) is 0 Å². The van der Waals surface area contributed by atoms with Gasteiger partial charge in [0.1, 0.15) is 23.7 Å². The normalized spacial score (nSPS) is 20.2. The molecular formula is C44H54N8O8. The summed E-state index contributed by atoms with van der Waals surface area (Å²) < 4.78 is 20.9. The average molecular weight is 823 g/mol. The smallest absolute Gasteiger partial charge is 0.407 e. The van der Waals surface area contributed by atoms with Crippen molar-refractivity contribution >= 4 is 46.1 Å². The van der Waals surface area contributed by atoms with Crippen molar-refractivity contribution in [3.8, 4) is 22.3 Å². The number of hydrogen-bond donors (Lipinski definition) is 4. The molecule has 16 heteroatoms. The minimum Gasteiger partial charge on any atom is -0.453 e. The van der Waals surface area contributed by atoms with Crippen molar-refractivity contribution < 1.29 is 38.1 Å². The highest BCUT2D eigenvalue weighted by molar-refractivity contribution is 5.88. The van der Waals surface area contributed by atoms with Gasteiger partial charge in [-0.3, -0.25) is 9.59 Å². The minimum atomic E-state index is -0.764. The molecule has 60 heavy (non-hydrogen) atoms. The number of methoxy groups -OCH3 is 4. The fraction of sp³-hybridized carbons (Fsp3) is 0.455. The lowest BCUT2D eigenvalue weighted by atomic mass is 10.00. The predicted molar refractivity (Wildman–Crippen MR) is 225 cm³/mol. The maximum absolute atomic E-state index is 13.8. The van der Waals surface area contributed by atoms with E-state index in [2.05, 4.69) is 44.9 Å². The van der Waals surface area contributed by atoms with E-state index in [0.29, 0.717) is 37.6 Å². The number of rotatable bonds is 12. The molecule has 0 bridgehead atoms. The molecule has 6 atom stereocenters. The molecule has 5 aromatic rings. The van der Waals surface area contributed by atoms with Crippen molar-refractivity contribution in [1.29, 1.82) is 0 Å². The van der Waals surface area contributed by atoms with Gasteiger partial charge in [-0.15, -0.1) is 0 Å². The summed E-state index contributed by atoms with van der Waals surface area (Å²) in [5.41, 5.74) is 7.23. The van der Waals surface area contributed by atoms with E-state index < -0.39 is 24.3 Å². The number of alkyl carbamates (subject to hydrolysis) is 2. The summed E-state index contributed by atoms with van der Waals surface area (Å²) >= 11 is 0. The molecule has 4 N–H and O–H groups in total. The fourth-order valence-corrected chi connectivity index (χ4v) is 8.28. The SMILES string of the molecule is COC(=O)NC(C(=O)N1C[C@@H](OC)C[C@H]1c1nc2cc(-c3ccc(-c4ccc5[nH]c([C@@H]6C[C@H](OC)CN6C(=O)[C@@H](NC(=O)OC)C(C)C)nc5c4)cc3)ccc2[nH]1)C(C)C. The highest BCUT2D eigenvalue weighted by atomic mass is 16.5. The molecule has 318 valence electrons. The summed E-state index contributed by atoms with van der Waals surface area (Å²) in [4.78, 5) is 72.1. The number of carbonyl (C=O) groups excluding carboxylic acids is 4. The van der Waals surface area contributed by atoms with E-state index in [1.165, 1.54) is 14.2 Å². The van der Waals surface area contributed by atoms with Gasteiger partial charge in [0.25, 0.3) is 0 Å². The number of carbonyl (C=O) groups is 4. The highest BCUT2D eigenvalue weighted by Crippen LogP contribution is 2.37. The summed E-state index contributed by atoms with van der Waals surface area (Å²) in [5.74, 6) is 0.555.